The van der Waals surface area contributed by atoms with Gasteiger partial charge in [0.25, 0.3) is 0 Å². The Hall–Kier alpha value is -2.95. The van der Waals surface area contributed by atoms with Crippen molar-refractivity contribution < 1.29 is 9.90 Å². The normalized spacial score (nSPS) is 12.5. The van der Waals surface area contributed by atoms with Crippen LogP contribution in [0.2, 0.25) is 0 Å². The Balaban J connectivity index is 1.60. The van der Waals surface area contributed by atoms with Gasteiger partial charge in [-0.2, -0.15) is 0 Å². The molecule has 0 saturated carbocycles. The van der Waals surface area contributed by atoms with E-state index < -0.39 is 12.0 Å². The fourth-order valence-electron chi connectivity index (χ4n) is 3.51. The molecule has 156 valence electrons. The van der Waals surface area contributed by atoms with Crippen molar-refractivity contribution in [1.29, 1.82) is 0 Å². The minimum Gasteiger partial charge on any atom is -0.390 e. The van der Waals surface area contributed by atoms with E-state index in [1.165, 1.54) is 0 Å². The van der Waals surface area contributed by atoms with Gasteiger partial charge in [0, 0.05) is 18.6 Å². The van der Waals surface area contributed by atoms with E-state index in [2.05, 4.69) is 36.6 Å². The molecule has 3 aromatic carbocycles. The van der Waals surface area contributed by atoms with Gasteiger partial charge in [-0.25, -0.2) is 0 Å². The Bertz CT molecular complexity index is 872. The molecule has 0 radical (unpaired) electrons. The topological polar surface area (TPSA) is 61.4 Å². The maximum Gasteiger partial charge on any atom is 0.232 e. The van der Waals surface area contributed by atoms with E-state index in [1.54, 1.807) is 0 Å². The van der Waals surface area contributed by atoms with Gasteiger partial charge in [0.05, 0.1) is 12.0 Å². The van der Waals surface area contributed by atoms with E-state index in [1.807, 2.05) is 78.9 Å². The first-order chi connectivity index (χ1) is 14.5. The molecular weight excluding hydrogens is 372 g/mol. The van der Waals surface area contributed by atoms with E-state index in [0.717, 1.165) is 16.7 Å². The van der Waals surface area contributed by atoms with Crippen LogP contribution in [0.25, 0.3) is 0 Å². The summed E-state index contributed by atoms with van der Waals surface area (Å²) in [6, 6.07) is 29.5. The molecule has 3 N–H and O–H groups in total. The maximum absolute atomic E-state index is 13.0. The summed E-state index contributed by atoms with van der Waals surface area (Å²) in [4.78, 5) is 13.0. The predicted octanol–water partition coefficient (Wildman–Crippen LogP) is 3.82. The van der Waals surface area contributed by atoms with Gasteiger partial charge in [-0.3, -0.25) is 4.79 Å². The monoisotopic (exact) mass is 402 g/mol. The molecular formula is C26H30N2O2. The lowest BCUT2D eigenvalue weighted by molar-refractivity contribution is -0.122. The molecule has 1 unspecified atom stereocenters. The third-order valence-corrected chi connectivity index (χ3v) is 5.32. The summed E-state index contributed by atoms with van der Waals surface area (Å²) in [6.45, 7) is 4.72. The molecule has 1 atom stereocenters. The zero-order valence-corrected chi connectivity index (χ0v) is 17.6. The third-order valence-electron chi connectivity index (χ3n) is 5.32. The molecule has 0 saturated heterocycles. The van der Waals surface area contributed by atoms with E-state index in [4.69, 9.17) is 0 Å². The molecule has 1 amide bonds. The molecule has 0 aliphatic carbocycles. The van der Waals surface area contributed by atoms with E-state index in [9.17, 15) is 9.90 Å². The molecule has 0 fully saturated rings. The lowest BCUT2D eigenvalue weighted by Crippen LogP contribution is -2.45. The highest BCUT2D eigenvalue weighted by atomic mass is 16.3. The highest BCUT2D eigenvalue weighted by Gasteiger charge is 2.24. The van der Waals surface area contributed by atoms with Crippen LogP contribution < -0.4 is 10.6 Å². The summed E-state index contributed by atoms with van der Waals surface area (Å²) in [5.41, 5.74) is 2.73. The van der Waals surface area contributed by atoms with Crippen molar-refractivity contribution in [3.8, 4) is 0 Å². The van der Waals surface area contributed by atoms with Crippen LogP contribution in [0.1, 0.15) is 36.5 Å². The first-order valence-corrected chi connectivity index (χ1v) is 10.3. The van der Waals surface area contributed by atoms with E-state index >= 15 is 0 Å². The van der Waals surface area contributed by atoms with Crippen LogP contribution >= 0.6 is 0 Å². The molecule has 0 aliphatic heterocycles. The lowest BCUT2D eigenvalue weighted by atomic mass is 9.90. The van der Waals surface area contributed by atoms with Crippen molar-refractivity contribution in [3.05, 3.63) is 108 Å². The Labute approximate surface area is 179 Å². The zero-order chi connectivity index (χ0) is 21.4. The molecule has 3 aromatic rings. The second kappa shape index (κ2) is 10.2. The molecule has 0 bridgehead atoms. The average molecular weight is 403 g/mol. The van der Waals surface area contributed by atoms with Gasteiger partial charge >= 0.3 is 0 Å². The van der Waals surface area contributed by atoms with Crippen molar-refractivity contribution in [2.24, 2.45) is 0 Å². The molecule has 0 aliphatic rings. The highest BCUT2D eigenvalue weighted by Crippen LogP contribution is 2.24. The molecule has 3 rings (SSSR count). The van der Waals surface area contributed by atoms with E-state index in [0.29, 0.717) is 6.54 Å². The van der Waals surface area contributed by atoms with Crippen LogP contribution in [0.3, 0.4) is 0 Å². The molecule has 0 heterocycles. The molecule has 0 spiro atoms. The van der Waals surface area contributed by atoms with E-state index in [-0.39, 0.29) is 18.0 Å². The summed E-state index contributed by atoms with van der Waals surface area (Å²) in [5.74, 6) is -0.526. The smallest absolute Gasteiger partial charge is 0.232 e. The number of rotatable bonds is 9. The summed E-state index contributed by atoms with van der Waals surface area (Å²) >= 11 is 0. The quantitative estimate of drug-likeness (QED) is 0.510. The molecule has 30 heavy (non-hydrogen) atoms. The van der Waals surface area contributed by atoms with Crippen LogP contribution in [-0.4, -0.2) is 30.2 Å². The van der Waals surface area contributed by atoms with Crippen LogP contribution in [-0.2, 0) is 10.3 Å². The van der Waals surface area contributed by atoms with Crippen LogP contribution in [0.5, 0.6) is 0 Å². The minimum atomic E-state index is -0.691. The lowest BCUT2D eigenvalue weighted by Gasteiger charge is -2.28. The highest BCUT2D eigenvalue weighted by molar-refractivity contribution is 5.87. The van der Waals surface area contributed by atoms with Gasteiger partial charge in [-0.1, -0.05) is 91.0 Å². The number of aliphatic hydroxyl groups excluding tert-OH is 1. The van der Waals surface area contributed by atoms with Gasteiger partial charge in [0.15, 0.2) is 0 Å². The number of aliphatic hydroxyl groups is 1. The fraction of sp³-hybridized carbons (Fsp3) is 0.269. The zero-order valence-electron chi connectivity index (χ0n) is 17.6. The van der Waals surface area contributed by atoms with Gasteiger partial charge in [-0.05, 0) is 30.5 Å². The summed E-state index contributed by atoms with van der Waals surface area (Å²) in [5, 5.41) is 16.8. The average Bonchev–Trinajstić information content (AvgIpc) is 2.78. The molecule has 0 aromatic heterocycles. The van der Waals surface area contributed by atoms with Gasteiger partial charge in [-0.15, -0.1) is 0 Å². The minimum absolute atomic E-state index is 0.117. The Morgan fingerprint density at radius 2 is 1.27 bits per heavy atom. The number of amides is 1. The summed E-state index contributed by atoms with van der Waals surface area (Å²) in [6.07, 6.45) is -0.691. The van der Waals surface area contributed by atoms with Crippen molar-refractivity contribution in [1.82, 2.24) is 10.6 Å². The first kappa shape index (κ1) is 21.8. The van der Waals surface area contributed by atoms with Gasteiger partial charge in [0.2, 0.25) is 5.91 Å². The number of hydrogen-bond donors (Lipinski definition) is 3. The third kappa shape index (κ3) is 5.78. The number of hydrogen-bond acceptors (Lipinski definition) is 3. The van der Waals surface area contributed by atoms with Gasteiger partial charge < -0.3 is 15.7 Å². The fourth-order valence-corrected chi connectivity index (χ4v) is 3.51. The van der Waals surface area contributed by atoms with Crippen molar-refractivity contribution in [2.75, 3.05) is 13.1 Å². The molecule has 4 nitrogen and oxygen atoms in total. The van der Waals surface area contributed by atoms with Crippen LogP contribution in [0, 0.1) is 0 Å². The van der Waals surface area contributed by atoms with Gasteiger partial charge in [0.1, 0.15) is 0 Å². The number of benzene rings is 3. The number of carbonyl (C=O) groups is 1. The standard InChI is InChI=1S/C26H30N2O2/c1-26(2,22-16-10-5-11-17-22)28-19-23(29)18-27-25(30)24(20-12-6-3-7-13-20)21-14-8-4-9-15-21/h3-17,23-24,28-29H,18-19H2,1-2H3,(H,27,30). The van der Waals surface area contributed by atoms with Crippen molar-refractivity contribution >= 4 is 5.91 Å². The van der Waals surface area contributed by atoms with Crippen LogP contribution in [0.15, 0.2) is 91.0 Å². The maximum atomic E-state index is 13.0. The Kier molecular flexibility index (Phi) is 7.39. The van der Waals surface area contributed by atoms with Crippen molar-refractivity contribution in [2.45, 2.75) is 31.4 Å². The molecule has 4 heteroatoms. The SMILES string of the molecule is CC(C)(NCC(O)CNC(=O)C(c1ccccc1)c1ccccc1)c1ccccc1. The summed E-state index contributed by atoms with van der Waals surface area (Å²) in [7, 11) is 0. The predicted molar refractivity (Wildman–Crippen MR) is 121 cm³/mol. The first-order valence-electron chi connectivity index (χ1n) is 10.3. The number of carbonyl (C=O) groups excluding carboxylic acids is 1. The number of nitrogens with one attached hydrogen (secondary N) is 2. The Morgan fingerprint density at radius 3 is 1.77 bits per heavy atom. The summed E-state index contributed by atoms with van der Waals surface area (Å²) < 4.78 is 0. The van der Waals surface area contributed by atoms with Crippen LogP contribution in [0.4, 0.5) is 0 Å². The second-order valence-electron chi connectivity index (χ2n) is 8.03. The largest absolute Gasteiger partial charge is 0.390 e. The second-order valence-corrected chi connectivity index (χ2v) is 8.03. The Morgan fingerprint density at radius 1 is 0.800 bits per heavy atom. The van der Waals surface area contributed by atoms with Crippen molar-refractivity contribution in [3.63, 3.8) is 0 Å².